The lowest BCUT2D eigenvalue weighted by molar-refractivity contribution is -0.0432. The number of nitrogens with zero attached hydrogens (tertiary/aromatic N) is 6. The molecule has 0 spiro atoms. The first-order valence-corrected chi connectivity index (χ1v) is 10.4. The molecule has 0 amide bonds. The minimum atomic E-state index is -0.819. The van der Waals surface area contributed by atoms with Gasteiger partial charge in [0.1, 0.15) is 12.3 Å². The number of fused-ring (bicyclic) bond motifs is 4. The molecule has 1 aromatic carbocycles. The van der Waals surface area contributed by atoms with E-state index in [2.05, 4.69) is 30.2 Å². The highest BCUT2D eigenvalue weighted by Crippen LogP contribution is 2.32. The van der Waals surface area contributed by atoms with Crippen LogP contribution in [0.4, 0.5) is 11.6 Å². The number of aliphatic hydroxyl groups excluding tert-OH is 2. The van der Waals surface area contributed by atoms with E-state index in [4.69, 9.17) is 4.74 Å². The number of H-pyrrole nitrogens is 1. The van der Waals surface area contributed by atoms with Crippen molar-refractivity contribution in [1.82, 2.24) is 34.1 Å². The molecule has 0 unspecified atom stereocenters. The Balaban J connectivity index is 1.46. The molecule has 1 saturated heterocycles. The summed E-state index contributed by atoms with van der Waals surface area (Å²) in [6.07, 6.45) is 3.01. The van der Waals surface area contributed by atoms with Gasteiger partial charge in [0.2, 0.25) is 5.95 Å². The number of aliphatic hydroxyl groups is 2. The van der Waals surface area contributed by atoms with Crippen LogP contribution in [0.25, 0.3) is 33.1 Å². The van der Waals surface area contributed by atoms with Gasteiger partial charge in [-0.1, -0.05) is 0 Å². The second-order valence-electron chi connectivity index (χ2n) is 8.03. The Morgan fingerprint density at radius 1 is 1.24 bits per heavy atom. The predicted octanol–water partition coefficient (Wildman–Crippen LogP) is 0.939. The molecule has 4 aromatic heterocycles. The van der Waals surface area contributed by atoms with Gasteiger partial charge in [-0.05, 0) is 18.2 Å². The molecule has 5 aromatic rings. The van der Waals surface area contributed by atoms with E-state index in [1.807, 2.05) is 29.8 Å². The van der Waals surface area contributed by atoms with Crippen molar-refractivity contribution in [3.63, 3.8) is 0 Å². The fourth-order valence-corrected chi connectivity index (χ4v) is 4.30. The van der Waals surface area contributed by atoms with Gasteiger partial charge in [0.25, 0.3) is 5.56 Å². The highest BCUT2D eigenvalue weighted by Gasteiger charge is 2.35. The van der Waals surface area contributed by atoms with Gasteiger partial charge >= 0.3 is 0 Å². The molecule has 12 nitrogen and oxygen atoms in total. The molecule has 1 fully saturated rings. The minimum absolute atomic E-state index is 0.149. The number of hydrogen-bond donors (Lipinski definition) is 4. The van der Waals surface area contributed by atoms with E-state index in [0.29, 0.717) is 16.9 Å². The number of benzene rings is 1. The number of aryl methyl sites for hydroxylation is 1. The number of nitrogens with one attached hydrogen (secondary N) is 2. The van der Waals surface area contributed by atoms with E-state index in [9.17, 15) is 15.0 Å². The van der Waals surface area contributed by atoms with Crippen molar-refractivity contribution in [2.24, 2.45) is 7.05 Å². The lowest BCUT2D eigenvalue weighted by atomic mass is 10.1. The number of rotatable bonds is 4. The standard InChI is InChI=1S/C21H20N8O4/c1-28-8-23-17-10-3-2-4-22-16(10)11(5-12(17)28)25-21-26-19-18(20(32)27-21)24-9-29(19)15-6-13(31)14(7-30)33-15/h2-5,8-9,13-15,30-31H,6-7H2,1H3,(H2,25,26,27,32)/t13-,14+,15+/m0/s1. The van der Waals surface area contributed by atoms with Gasteiger partial charge in [0.15, 0.2) is 11.2 Å². The maximum absolute atomic E-state index is 12.7. The van der Waals surface area contributed by atoms with Gasteiger partial charge in [0.05, 0.1) is 47.6 Å². The van der Waals surface area contributed by atoms with Crippen LogP contribution < -0.4 is 10.9 Å². The molecular weight excluding hydrogens is 428 g/mol. The van der Waals surface area contributed by atoms with Crippen LogP contribution in [0, 0.1) is 0 Å². The molecule has 1 aliphatic rings. The van der Waals surface area contributed by atoms with Gasteiger partial charge in [-0.2, -0.15) is 4.98 Å². The highest BCUT2D eigenvalue weighted by atomic mass is 16.5. The van der Waals surface area contributed by atoms with Crippen LogP contribution in [0.3, 0.4) is 0 Å². The van der Waals surface area contributed by atoms with Crippen LogP contribution >= 0.6 is 0 Å². The minimum Gasteiger partial charge on any atom is -0.394 e. The summed E-state index contributed by atoms with van der Waals surface area (Å²) in [4.78, 5) is 33.1. The predicted molar refractivity (Wildman–Crippen MR) is 119 cm³/mol. The third-order valence-electron chi connectivity index (χ3n) is 5.96. The molecule has 0 aliphatic carbocycles. The lowest BCUT2D eigenvalue weighted by Crippen LogP contribution is -2.24. The molecule has 0 radical (unpaired) electrons. The summed E-state index contributed by atoms with van der Waals surface area (Å²) in [5.74, 6) is 0.208. The second-order valence-corrected chi connectivity index (χ2v) is 8.03. The average Bonchev–Trinajstić information content (AvgIpc) is 3.51. The summed E-state index contributed by atoms with van der Waals surface area (Å²) in [5, 5.41) is 23.5. The molecule has 168 valence electrons. The maximum atomic E-state index is 12.7. The van der Waals surface area contributed by atoms with Crippen LogP contribution in [0.15, 0.2) is 41.8 Å². The Morgan fingerprint density at radius 2 is 2.09 bits per heavy atom. The van der Waals surface area contributed by atoms with Crippen molar-refractivity contribution in [1.29, 1.82) is 0 Å². The number of ether oxygens (including phenoxy) is 1. The summed E-state index contributed by atoms with van der Waals surface area (Å²) in [6.45, 7) is -0.304. The molecule has 0 saturated carbocycles. The van der Waals surface area contributed by atoms with Crippen LogP contribution in [0.2, 0.25) is 0 Å². The normalized spacial score (nSPS) is 20.9. The van der Waals surface area contributed by atoms with E-state index in [0.717, 1.165) is 16.4 Å². The van der Waals surface area contributed by atoms with Gasteiger partial charge in [-0.3, -0.25) is 19.3 Å². The average molecular weight is 448 g/mol. The molecule has 33 heavy (non-hydrogen) atoms. The summed E-state index contributed by atoms with van der Waals surface area (Å²) in [6, 6.07) is 5.69. The summed E-state index contributed by atoms with van der Waals surface area (Å²) < 4.78 is 9.21. The Kier molecular flexibility index (Phi) is 4.40. The number of imidazole rings is 2. The SMILES string of the molecule is Cn1cnc2c3cccnc3c(Nc3nc4c(ncn4[C@H]4C[C@H](O)[C@@H](CO)O4)c(=O)[nH]3)cc21. The Labute approximate surface area is 185 Å². The van der Waals surface area contributed by atoms with E-state index >= 15 is 0 Å². The van der Waals surface area contributed by atoms with Gasteiger partial charge in [-0.15, -0.1) is 0 Å². The third kappa shape index (κ3) is 3.07. The van der Waals surface area contributed by atoms with Crippen LogP contribution in [0.1, 0.15) is 12.6 Å². The van der Waals surface area contributed by atoms with Crippen molar-refractivity contribution >= 4 is 44.7 Å². The second kappa shape index (κ2) is 7.33. The van der Waals surface area contributed by atoms with Crippen molar-refractivity contribution in [2.75, 3.05) is 11.9 Å². The molecular formula is C21H20N8O4. The molecule has 6 rings (SSSR count). The monoisotopic (exact) mass is 448 g/mol. The quantitative estimate of drug-likeness (QED) is 0.314. The smallest absolute Gasteiger partial charge is 0.280 e. The number of aromatic amines is 1. The molecule has 3 atom stereocenters. The first-order chi connectivity index (χ1) is 16.0. The Bertz CT molecular complexity index is 1570. The van der Waals surface area contributed by atoms with Crippen LogP contribution in [-0.2, 0) is 11.8 Å². The first-order valence-electron chi connectivity index (χ1n) is 10.4. The highest BCUT2D eigenvalue weighted by molar-refractivity contribution is 6.09. The van der Waals surface area contributed by atoms with E-state index in [1.54, 1.807) is 17.1 Å². The van der Waals surface area contributed by atoms with E-state index in [1.165, 1.54) is 6.33 Å². The lowest BCUT2D eigenvalue weighted by Gasteiger charge is -2.14. The zero-order valence-corrected chi connectivity index (χ0v) is 17.5. The van der Waals surface area contributed by atoms with Crippen molar-refractivity contribution in [3.8, 4) is 0 Å². The number of hydrogen-bond acceptors (Lipinski definition) is 9. The fraction of sp³-hybridized carbons (Fsp3) is 0.286. The zero-order valence-electron chi connectivity index (χ0n) is 17.5. The van der Waals surface area contributed by atoms with Gasteiger partial charge in [-0.25, -0.2) is 9.97 Å². The molecule has 4 N–H and O–H groups in total. The van der Waals surface area contributed by atoms with Crippen molar-refractivity contribution in [3.05, 3.63) is 47.4 Å². The van der Waals surface area contributed by atoms with Crippen molar-refractivity contribution < 1.29 is 14.9 Å². The topological polar surface area (TPSA) is 156 Å². The van der Waals surface area contributed by atoms with Gasteiger partial charge in [0, 0.05) is 25.1 Å². The summed E-state index contributed by atoms with van der Waals surface area (Å²) >= 11 is 0. The summed E-state index contributed by atoms with van der Waals surface area (Å²) in [5.41, 5.74) is 3.10. The first kappa shape index (κ1) is 19.8. The number of pyridine rings is 1. The third-order valence-corrected chi connectivity index (χ3v) is 5.96. The molecule has 1 aliphatic heterocycles. The molecule has 5 heterocycles. The van der Waals surface area contributed by atoms with Gasteiger partial charge < -0.3 is 24.8 Å². The zero-order chi connectivity index (χ0) is 22.7. The van der Waals surface area contributed by atoms with E-state index < -0.39 is 24.0 Å². The Hall–Kier alpha value is -3.87. The van der Waals surface area contributed by atoms with Crippen molar-refractivity contribution in [2.45, 2.75) is 24.9 Å². The molecule has 12 heteroatoms. The maximum Gasteiger partial charge on any atom is 0.280 e. The largest absolute Gasteiger partial charge is 0.394 e. The van der Waals surface area contributed by atoms with E-state index in [-0.39, 0.29) is 24.5 Å². The Morgan fingerprint density at radius 3 is 2.91 bits per heavy atom. The summed E-state index contributed by atoms with van der Waals surface area (Å²) in [7, 11) is 1.90. The molecule has 0 bridgehead atoms. The van der Waals surface area contributed by atoms with Crippen LogP contribution in [0.5, 0.6) is 0 Å². The van der Waals surface area contributed by atoms with Crippen LogP contribution in [-0.4, -0.2) is 63.1 Å². The fourth-order valence-electron chi connectivity index (χ4n) is 4.30. The number of anilines is 2. The number of aromatic nitrogens is 7.